The number of aryl methyl sites for hydroxylation is 2. The first kappa shape index (κ1) is 14.7. The molecule has 1 amide bonds. The summed E-state index contributed by atoms with van der Waals surface area (Å²) >= 11 is 1.58. The van der Waals surface area contributed by atoms with Crippen LogP contribution in [0.25, 0.3) is 0 Å². The Hall–Kier alpha value is -1.69. The van der Waals surface area contributed by atoms with Gasteiger partial charge in [-0.1, -0.05) is 0 Å². The molecular weight excluding hydrogens is 272 g/mol. The maximum atomic E-state index is 12.5. The van der Waals surface area contributed by atoms with E-state index >= 15 is 0 Å². The lowest BCUT2D eigenvalue weighted by atomic mass is 10.2. The van der Waals surface area contributed by atoms with Crippen LogP contribution < -0.4 is 0 Å². The second-order valence-electron chi connectivity index (χ2n) is 5.10. The van der Waals surface area contributed by atoms with Crippen molar-refractivity contribution >= 4 is 17.2 Å². The molecule has 2 rings (SSSR count). The Balaban J connectivity index is 2.08. The van der Waals surface area contributed by atoms with E-state index in [1.807, 2.05) is 48.9 Å². The fourth-order valence-corrected chi connectivity index (χ4v) is 2.62. The predicted octanol–water partition coefficient (Wildman–Crippen LogP) is 2.16. The molecule has 5 nitrogen and oxygen atoms in total. The van der Waals surface area contributed by atoms with Gasteiger partial charge in [0.15, 0.2) is 0 Å². The number of thiazole rings is 1. The largest absolute Gasteiger partial charge is 0.337 e. The van der Waals surface area contributed by atoms with E-state index in [1.54, 1.807) is 17.5 Å². The Bertz CT molecular complexity index is 588. The number of rotatable bonds is 5. The van der Waals surface area contributed by atoms with Crippen molar-refractivity contribution in [3.05, 3.63) is 34.3 Å². The lowest BCUT2D eigenvalue weighted by Gasteiger charge is -2.26. The summed E-state index contributed by atoms with van der Waals surface area (Å²) in [7, 11) is 1.94. The molecule has 0 unspecified atom stereocenters. The normalized spacial score (nSPS) is 11.1. The van der Waals surface area contributed by atoms with E-state index in [0.717, 1.165) is 16.5 Å². The van der Waals surface area contributed by atoms with Gasteiger partial charge in [-0.15, -0.1) is 11.3 Å². The molecule has 0 spiro atoms. The molecule has 0 aliphatic heterocycles. The molecule has 2 aromatic heterocycles. The summed E-state index contributed by atoms with van der Waals surface area (Å²) < 4.78 is 1.94. The monoisotopic (exact) mass is 292 g/mol. The van der Waals surface area contributed by atoms with Crippen LogP contribution in [0.15, 0.2) is 17.8 Å². The quantitative estimate of drug-likeness (QED) is 0.848. The molecule has 0 aliphatic rings. The Kier molecular flexibility index (Phi) is 4.54. The van der Waals surface area contributed by atoms with Crippen molar-refractivity contribution in [2.45, 2.75) is 39.8 Å². The van der Waals surface area contributed by atoms with E-state index in [0.29, 0.717) is 13.0 Å². The molecule has 108 valence electrons. The van der Waals surface area contributed by atoms with Crippen LogP contribution in [0.4, 0.5) is 0 Å². The van der Waals surface area contributed by atoms with Gasteiger partial charge in [-0.05, 0) is 20.8 Å². The van der Waals surface area contributed by atoms with E-state index in [4.69, 9.17) is 0 Å². The number of nitrogens with zero attached hydrogens (tertiary/aromatic N) is 4. The number of hydrogen-bond donors (Lipinski definition) is 0. The Labute approximate surface area is 123 Å². The van der Waals surface area contributed by atoms with Gasteiger partial charge in [-0.25, -0.2) is 9.97 Å². The van der Waals surface area contributed by atoms with Gasteiger partial charge in [0.05, 0.1) is 23.7 Å². The molecule has 0 atom stereocenters. The summed E-state index contributed by atoms with van der Waals surface area (Å²) in [5, 5.41) is 2.94. The molecule has 20 heavy (non-hydrogen) atoms. The van der Waals surface area contributed by atoms with Crippen LogP contribution in [0.5, 0.6) is 0 Å². The number of carbonyl (C=O) groups excluding carboxylic acids is 1. The summed E-state index contributed by atoms with van der Waals surface area (Å²) in [4.78, 5) is 22.9. The number of imidazole rings is 1. The van der Waals surface area contributed by atoms with Crippen LogP contribution in [0, 0.1) is 6.92 Å². The average molecular weight is 292 g/mol. The van der Waals surface area contributed by atoms with Crippen molar-refractivity contribution in [3.63, 3.8) is 0 Å². The third-order valence-electron chi connectivity index (χ3n) is 3.18. The van der Waals surface area contributed by atoms with Crippen LogP contribution in [0.2, 0.25) is 0 Å². The number of carbonyl (C=O) groups is 1. The second kappa shape index (κ2) is 6.17. The summed E-state index contributed by atoms with van der Waals surface area (Å²) in [5.74, 6) is 0.981. The number of hydrogen-bond acceptors (Lipinski definition) is 4. The molecule has 0 aliphatic carbocycles. The number of aromatic nitrogens is 3. The van der Waals surface area contributed by atoms with Crippen LogP contribution in [-0.4, -0.2) is 31.4 Å². The lowest BCUT2D eigenvalue weighted by molar-refractivity contribution is -0.133. The standard InChI is InChI=1S/C14H20N4OS/c1-10(2)18(8-13-15-5-6-17(13)4)14(19)7-12-9-20-11(3)16-12/h5-6,9-10H,7-8H2,1-4H3. The smallest absolute Gasteiger partial charge is 0.229 e. The highest BCUT2D eigenvalue weighted by Gasteiger charge is 2.20. The van der Waals surface area contributed by atoms with Crippen molar-refractivity contribution in [3.8, 4) is 0 Å². The van der Waals surface area contributed by atoms with Crippen molar-refractivity contribution in [1.82, 2.24) is 19.4 Å². The molecule has 0 radical (unpaired) electrons. The summed E-state index contributed by atoms with van der Waals surface area (Å²) in [6, 6.07) is 0.138. The van der Waals surface area contributed by atoms with Crippen LogP contribution in [0.3, 0.4) is 0 Å². The summed E-state index contributed by atoms with van der Waals surface area (Å²) in [6.45, 7) is 6.52. The first-order chi connectivity index (χ1) is 9.47. The zero-order chi connectivity index (χ0) is 14.7. The highest BCUT2D eigenvalue weighted by molar-refractivity contribution is 7.09. The molecule has 0 fully saturated rings. The van der Waals surface area contributed by atoms with E-state index in [1.165, 1.54) is 0 Å². The van der Waals surface area contributed by atoms with Gasteiger partial charge < -0.3 is 9.47 Å². The molecule has 6 heteroatoms. The molecule has 0 saturated heterocycles. The summed E-state index contributed by atoms with van der Waals surface area (Å²) in [5.41, 5.74) is 0.850. The van der Waals surface area contributed by atoms with Crippen LogP contribution in [-0.2, 0) is 24.8 Å². The van der Waals surface area contributed by atoms with Gasteiger partial charge in [-0.3, -0.25) is 4.79 Å². The zero-order valence-corrected chi connectivity index (χ0v) is 13.1. The van der Waals surface area contributed by atoms with E-state index < -0.39 is 0 Å². The first-order valence-electron chi connectivity index (χ1n) is 6.64. The summed E-state index contributed by atoms with van der Waals surface area (Å²) in [6.07, 6.45) is 4.00. The van der Waals surface area contributed by atoms with Crippen molar-refractivity contribution in [2.24, 2.45) is 7.05 Å². The Morgan fingerprint density at radius 2 is 2.25 bits per heavy atom. The molecule has 0 saturated carbocycles. The Morgan fingerprint density at radius 3 is 2.75 bits per heavy atom. The molecular formula is C14H20N4OS. The van der Waals surface area contributed by atoms with E-state index in [-0.39, 0.29) is 11.9 Å². The van der Waals surface area contributed by atoms with Gasteiger partial charge in [0.25, 0.3) is 0 Å². The number of amides is 1. The fourth-order valence-electron chi connectivity index (χ4n) is 2.01. The average Bonchev–Trinajstić information content (AvgIpc) is 2.95. The van der Waals surface area contributed by atoms with Gasteiger partial charge in [0, 0.05) is 30.9 Å². The maximum absolute atomic E-state index is 12.5. The minimum atomic E-state index is 0.0910. The van der Waals surface area contributed by atoms with Crippen molar-refractivity contribution in [1.29, 1.82) is 0 Å². The lowest BCUT2D eigenvalue weighted by Crippen LogP contribution is -2.38. The highest BCUT2D eigenvalue weighted by atomic mass is 32.1. The Morgan fingerprint density at radius 1 is 1.50 bits per heavy atom. The van der Waals surface area contributed by atoms with E-state index in [2.05, 4.69) is 9.97 Å². The maximum Gasteiger partial charge on any atom is 0.229 e. The molecule has 2 heterocycles. The SMILES string of the molecule is Cc1nc(CC(=O)N(Cc2nccn2C)C(C)C)cs1. The third-order valence-corrected chi connectivity index (χ3v) is 4.00. The van der Waals surface area contributed by atoms with Crippen molar-refractivity contribution < 1.29 is 4.79 Å². The van der Waals surface area contributed by atoms with Gasteiger partial charge in [0.2, 0.25) is 5.91 Å². The second-order valence-corrected chi connectivity index (χ2v) is 6.17. The molecule has 0 N–H and O–H groups in total. The first-order valence-corrected chi connectivity index (χ1v) is 7.52. The fraction of sp³-hybridized carbons (Fsp3) is 0.500. The third kappa shape index (κ3) is 3.45. The van der Waals surface area contributed by atoms with Crippen LogP contribution >= 0.6 is 11.3 Å². The predicted molar refractivity (Wildman–Crippen MR) is 79.4 cm³/mol. The molecule has 0 bridgehead atoms. The molecule has 2 aromatic rings. The van der Waals surface area contributed by atoms with Crippen LogP contribution in [0.1, 0.15) is 30.4 Å². The van der Waals surface area contributed by atoms with Gasteiger partial charge in [-0.2, -0.15) is 0 Å². The highest BCUT2D eigenvalue weighted by Crippen LogP contribution is 2.12. The van der Waals surface area contributed by atoms with Crippen molar-refractivity contribution in [2.75, 3.05) is 0 Å². The minimum Gasteiger partial charge on any atom is -0.337 e. The molecule has 0 aromatic carbocycles. The topological polar surface area (TPSA) is 51.0 Å². The zero-order valence-electron chi connectivity index (χ0n) is 12.3. The van der Waals surface area contributed by atoms with Gasteiger partial charge in [0.1, 0.15) is 5.82 Å². The minimum absolute atomic E-state index is 0.0910. The van der Waals surface area contributed by atoms with E-state index in [9.17, 15) is 4.79 Å². The van der Waals surface area contributed by atoms with Gasteiger partial charge >= 0.3 is 0 Å².